The number of rotatable bonds is 5. The molecule has 5 nitrogen and oxygen atoms in total. The van der Waals surface area contributed by atoms with E-state index < -0.39 is 5.25 Å². The van der Waals surface area contributed by atoms with Crippen LogP contribution in [0.1, 0.15) is 22.9 Å². The quantitative estimate of drug-likeness (QED) is 0.486. The second-order valence-corrected chi connectivity index (χ2v) is 6.45. The van der Waals surface area contributed by atoms with Crippen molar-refractivity contribution < 1.29 is 0 Å². The van der Waals surface area contributed by atoms with Crippen LogP contribution in [0.3, 0.4) is 0 Å². The summed E-state index contributed by atoms with van der Waals surface area (Å²) in [5.74, 6) is 0.0426. The number of nitrogens with zero attached hydrogens (tertiary/aromatic N) is 2. The van der Waals surface area contributed by atoms with Gasteiger partial charge in [0.25, 0.3) is 5.25 Å². The van der Waals surface area contributed by atoms with E-state index in [-0.39, 0.29) is 5.92 Å². The summed E-state index contributed by atoms with van der Waals surface area (Å²) in [6.45, 7) is 0.577. The van der Waals surface area contributed by atoms with Gasteiger partial charge in [-0.15, -0.1) is 0 Å². The van der Waals surface area contributed by atoms with Crippen LogP contribution < -0.4 is 10.6 Å². The minimum atomic E-state index is -1.08. The van der Waals surface area contributed by atoms with Gasteiger partial charge in [0, 0.05) is 42.1 Å². The Balaban J connectivity index is 1.54. The number of hydrogen-bond acceptors (Lipinski definition) is 4. The molecule has 0 amide bonds. The first-order valence-corrected chi connectivity index (χ1v) is 8.52. The van der Waals surface area contributed by atoms with Crippen molar-refractivity contribution in [3.63, 3.8) is 0 Å². The van der Waals surface area contributed by atoms with Crippen LogP contribution in [-0.2, 0) is 0 Å². The molecule has 3 N–H and O–H groups in total. The van der Waals surface area contributed by atoms with E-state index in [9.17, 15) is 0 Å². The molecule has 3 heterocycles. The molecule has 0 saturated heterocycles. The summed E-state index contributed by atoms with van der Waals surface area (Å²) in [6.07, 6.45) is 5.50. The molecule has 0 spiro atoms. The summed E-state index contributed by atoms with van der Waals surface area (Å²) in [4.78, 5) is 12.2. The van der Waals surface area contributed by atoms with Gasteiger partial charge >= 0.3 is 0 Å². The minimum Gasteiger partial charge on any atom is -0.364 e. The van der Waals surface area contributed by atoms with Crippen LogP contribution in [0.2, 0.25) is 0 Å². The van der Waals surface area contributed by atoms with Gasteiger partial charge in [-0.2, -0.15) is 0 Å². The van der Waals surface area contributed by atoms with E-state index in [0.29, 0.717) is 6.54 Å². The highest BCUT2D eigenvalue weighted by Gasteiger charge is 2.30. The van der Waals surface area contributed by atoms with Crippen LogP contribution in [0.25, 0.3) is 0 Å². The molecule has 0 saturated carbocycles. The predicted molar refractivity (Wildman–Crippen MR) is 101 cm³/mol. The van der Waals surface area contributed by atoms with Crippen molar-refractivity contribution in [3.8, 4) is 0 Å². The second kappa shape index (κ2) is 6.70. The zero-order valence-corrected chi connectivity index (χ0v) is 14.2. The minimum absolute atomic E-state index is 0.0426. The third-order valence-corrected chi connectivity index (χ3v) is 4.55. The number of aromatic nitrogens is 2. The van der Waals surface area contributed by atoms with Gasteiger partial charge in [0.2, 0.25) is 0 Å². The number of benzene rings is 1. The number of aliphatic imine (C=N–C) groups is 1. The number of alkyl halides is 1. The van der Waals surface area contributed by atoms with Crippen LogP contribution in [0.5, 0.6) is 0 Å². The number of nitrogens with one attached hydrogen (secondary N) is 3. The number of halogens is 1. The Morgan fingerprint density at radius 3 is 2.76 bits per heavy atom. The number of anilines is 1. The SMILES string of the molecule is ClC1(NCC(c2ccccn2)c2ccc[nH]2)N=Cc2ccccc2N1. The highest BCUT2D eigenvalue weighted by molar-refractivity contribution is 6.25. The fourth-order valence-electron chi connectivity index (χ4n) is 2.94. The van der Waals surface area contributed by atoms with Crippen LogP contribution >= 0.6 is 11.6 Å². The summed E-state index contributed by atoms with van der Waals surface area (Å²) in [6, 6.07) is 17.9. The van der Waals surface area contributed by atoms with Gasteiger partial charge in [0.05, 0.1) is 11.6 Å². The van der Waals surface area contributed by atoms with Gasteiger partial charge in [0.15, 0.2) is 0 Å². The standard InChI is InChI=1S/C19H18ClN5/c20-19(23-12-14-6-1-2-7-16(14)25-19)24-13-15(18-9-5-11-22-18)17-8-3-4-10-21-17/h1-12,15,22,24-25H,13H2. The molecule has 1 aliphatic heterocycles. The van der Waals surface area contributed by atoms with E-state index in [4.69, 9.17) is 11.6 Å². The predicted octanol–water partition coefficient (Wildman–Crippen LogP) is 3.53. The highest BCUT2D eigenvalue weighted by Crippen LogP contribution is 2.27. The van der Waals surface area contributed by atoms with E-state index in [1.807, 2.05) is 54.7 Å². The number of hydrogen-bond donors (Lipinski definition) is 3. The Labute approximate surface area is 151 Å². The number of H-pyrrole nitrogens is 1. The highest BCUT2D eigenvalue weighted by atomic mass is 35.5. The molecule has 2 aromatic heterocycles. The lowest BCUT2D eigenvalue weighted by Crippen LogP contribution is -2.48. The Hall–Kier alpha value is -2.63. The van der Waals surface area contributed by atoms with Crippen molar-refractivity contribution in [2.24, 2.45) is 4.99 Å². The van der Waals surface area contributed by atoms with E-state index in [1.165, 1.54) is 0 Å². The van der Waals surface area contributed by atoms with Gasteiger partial charge in [0.1, 0.15) is 0 Å². The number of fused-ring (bicyclic) bond motifs is 1. The summed E-state index contributed by atoms with van der Waals surface area (Å²) < 4.78 is 0. The van der Waals surface area contributed by atoms with Gasteiger partial charge in [-0.1, -0.05) is 35.9 Å². The number of pyridine rings is 1. The molecule has 2 unspecified atom stereocenters. The zero-order valence-electron chi connectivity index (χ0n) is 13.5. The Bertz CT molecular complexity index is 863. The Kier molecular flexibility index (Phi) is 4.26. The number of para-hydroxylation sites is 1. The molecule has 3 aromatic rings. The van der Waals surface area contributed by atoms with Crippen molar-refractivity contribution in [1.82, 2.24) is 15.3 Å². The lowest BCUT2D eigenvalue weighted by atomic mass is 10.0. The van der Waals surface area contributed by atoms with Crippen LogP contribution in [0, 0.1) is 0 Å². The Morgan fingerprint density at radius 2 is 1.96 bits per heavy atom. The lowest BCUT2D eigenvalue weighted by molar-refractivity contribution is 0.500. The molecule has 0 aliphatic carbocycles. The van der Waals surface area contributed by atoms with E-state index >= 15 is 0 Å². The summed E-state index contributed by atoms with van der Waals surface area (Å²) >= 11 is 6.65. The first kappa shape index (κ1) is 15.9. The molecule has 6 heteroatoms. The largest absolute Gasteiger partial charge is 0.364 e. The lowest BCUT2D eigenvalue weighted by Gasteiger charge is -2.31. The smallest absolute Gasteiger partial charge is 0.265 e. The molecule has 25 heavy (non-hydrogen) atoms. The summed E-state index contributed by atoms with van der Waals surface area (Å²) in [5.41, 5.74) is 4.02. The maximum atomic E-state index is 6.65. The maximum Gasteiger partial charge on any atom is 0.265 e. The van der Waals surface area contributed by atoms with Gasteiger partial charge in [-0.25, -0.2) is 4.99 Å². The van der Waals surface area contributed by atoms with Crippen molar-refractivity contribution in [2.45, 2.75) is 11.2 Å². The molecule has 1 aromatic carbocycles. The van der Waals surface area contributed by atoms with Crippen LogP contribution in [-0.4, -0.2) is 28.0 Å². The molecule has 0 fully saturated rings. The van der Waals surface area contributed by atoms with Gasteiger partial charge < -0.3 is 10.3 Å². The first-order chi connectivity index (χ1) is 12.2. The molecule has 126 valence electrons. The van der Waals surface area contributed by atoms with Crippen LogP contribution in [0.15, 0.2) is 72.0 Å². The second-order valence-electron chi connectivity index (χ2n) is 5.91. The van der Waals surface area contributed by atoms with Gasteiger partial charge in [-0.3, -0.25) is 10.3 Å². The van der Waals surface area contributed by atoms with E-state index in [2.05, 4.69) is 31.7 Å². The van der Waals surface area contributed by atoms with Crippen molar-refractivity contribution in [2.75, 3.05) is 11.9 Å². The molecule has 1 aliphatic rings. The fourth-order valence-corrected chi connectivity index (χ4v) is 3.16. The molecular weight excluding hydrogens is 334 g/mol. The molecular formula is C19H18ClN5. The zero-order chi connectivity index (χ0) is 17.1. The summed E-state index contributed by atoms with van der Waals surface area (Å²) in [7, 11) is 0. The average Bonchev–Trinajstić information content (AvgIpc) is 3.17. The van der Waals surface area contributed by atoms with Crippen molar-refractivity contribution in [3.05, 3.63) is 83.9 Å². The fraction of sp³-hybridized carbons (Fsp3) is 0.158. The molecule has 0 bridgehead atoms. The third-order valence-electron chi connectivity index (χ3n) is 4.23. The first-order valence-electron chi connectivity index (χ1n) is 8.14. The van der Waals surface area contributed by atoms with Gasteiger partial charge in [-0.05, 0) is 30.3 Å². The topological polar surface area (TPSA) is 65.1 Å². The normalized spacial score (nSPS) is 19.9. The van der Waals surface area contributed by atoms with Crippen molar-refractivity contribution >= 4 is 23.5 Å². The summed E-state index contributed by atoms with van der Waals surface area (Å²) in [5, 5.41) is 5.50. The van der Waals surface area contributed by atoms with E-state index in [0.717, 1.165) is 22.6 Å². The third kappa shape index (κ3) is 3.43. The molecule has 2 atom stereocenters. The monoisotopic (exact) mass is 351 g/mol. The van der Waals surface area contributed by atoms with Crippen molar-refractivity contribution in [1.29, 1.82) is 0 Å². The Morgan fingerprint density at radius 1 is 1.08 bits per heavy atom. The maximum absolute atomic E-state index is 6.65. The number of aromatic amines is 1. The average molecular weight is 352 g/mol. The van der Waals surface area contributed by atoms with Crippen LogP contribution in [0.4, 0.5) is 5.69 Å². The molecule has 4 rings (SSSR count). The molecule has 0 radical (unpaired) electrons. The van der Waals surface area contributed by atoms with E-state index in [1.54, 1.807) is 12.4 Å².